The van der Waals surface area contributed by atoms with E-state index in [4.69, 9.17) is 9.47 Å². The van der Waals surface area contributed by atoms with E-state index in [9.17, 15) is 0 Å². The lowest BCUT2D eigenvalue weighted by molar-refractivity contribution is 0.112. The highest BCUT2D eigenvalue weighted by molar-refractivity contribution is 5.99. The van der Waals surface area contributed by atoms with Crippen LogP contribution in [0, 0.1) is 0 Å². The largest absolute Gasteiger partial charge is 0.466 e. The van der Waals surface area contributed by atoms with Crippen molar-refractivity contribution < 1.29 is 9.47 Å². The number of hydrogen-bond donors (Lipinski definition) is 0. The van der Waals surface area contributed by atoms with Gasteiger partial charge in [0.25, 0.3) is 0 Å². The molecule has 0 bridgehead atoms. The fourth-order valence-corrected chi connectivity index (χ4v) is 1.91. The summed E-state index contributed by atoms with van der Waals surface area (Å²) in [6.07, 6.45) is 1.69. The molecule has 0 amide bonds. The van der Waals surface area contributed by atoms with Gasteiger partial charge in [0.2, 0.25) is 11.8 Å². The average Bonchev–Trinajstić information content (AvgIpc) is 2.38. The second kappa shape index (κ2) is 4.39. The topological polar surface area (TPSA) is 43.7 Å². The van der Waals surface area contributed by atoms with Crippen molar-refractivity contribution in [1.29, 1.82) is 0 Å². The second-order valence-corrected chi connectivity index (χ2v) is 4.73. The molecule has 0 atom stereocenters. The van der Waals surface area contributed by atoms with Gasteiger partial charge in [-0.2, -0.15) is 0 Å². The minimum absolute atomic E-state index is 0.522. The van der Waals surface area contributed by atoms with Crippen LogP contribution < -0.4 is 9.47 Å². The third-order valence-electron chi connectivity index (χ3n) is 2.69. The predicted octanol–water partition coefficient (Wildman–Crippen LogP) is 3.04. The average molecular weight is 254 g/mol. The zero-order valence-corrected chi connectivity index (χ0v) is 10.8. The maximum absolute atomic E-state index is 5.80. The van der Waals surface area contributed by atoms with E-state index >= 15 is 0 Å². The van der Waals surface area contributed by atoms with Gasteiger partial charge in [0.15, 0.2) is 5.72 Å². The van der Waals surface area contributed by atoms with E-state index in [-0.39, 0.29) is 0 Å². The molecule has 1 aliphatic heterocycles. The summed E-state index contributed by atoms with van der Waals surface area (Å²) in [5.74, 6) is 1.83. The molecule has 0 fully saturated rings. The molecule has 1 aliphatic rings. The number of ether oxygens (including phenoxy) is 2. The highest BCUT2D eigenvalue weighted by Crippen LogP contribution is 2.30. The Bertz CT molecular complexity index is 621. The zero-order valence-electron chi connectivity index (χ0n) is 10.8. The van der Waals surface area contributed by atoms with E-state index < -0.39 is 5.72 Å². The van der Waals surface area contributed by atoms with Gasteiger partial charge in [0, 0.05) is 12.3 Å². The first-order chi connectivity index (χ1) is 9.14. The van der Waals surface area contributed by atoms with Crippen molar-refractivity contribution in [3.63, 3.8) is 0 Å². The maximum Gasteiger partial charge on any atom is 0.231 e. The third-order valence-corrected chi connectivity index (χ3v) is 2.69. The Morgan fingerprint density at radius 1 is 1.05 bits per heavy atom. The van der Waals surface area contributed by atoms with Crippen LogP contribution in [0.2, 0.25) is 0 Å². The molecule has 19 heavy (non-hydrogen) atoms. The first-order valence-corrected chi connectivity index (χ1v) is 6.11. The van der Waals surface area contributed by atoms with E-state index in [2.05, 4.69) is 9.98 Å². The van der Waals surface area contributed by atoms with Gasteiger partial charge in [-0.1, -0.05) is 18.2 Å². The number of aromatic nitrogens is 1. The minimum atomic E-state index is -0.640. The van der Waals surface area contributed by atoms with Crippen LogP contribution in [0.4, 0.5) is 0 Å². The van der Waals surface area contributed by atoms with Crippen LogP contribution in [-0.4, -0.2) is 16.6 Å². The summed E-state index contributed by atoms with van der Waals surface area (Å²) in [4.78, 5) is 8.63. The van der Waals surface area contributed by atoms with Crippen LogP contribution in [0.1, 0.15) is 19.4 Å². The first kappa shape index (κ1) is 11.7. The van der Waals surface area contributed by atoms with Gasteiger partial charge >= 0.3 is 0 Å². The molecular formula is C15H14N2O2. The fourth-order valence-electron chi connectivity index (χ4n) is 1.91. The second-order valence-electron chi connectivity index (χ2n) is 4.73. The Kier molecular flexibility index (Phi) is 2.71. The molecular weight excluding hydrogens is 240 g/mol. The third kappa shape index (κ3) is 2.42. The summed E-state index contributed by atoms with van der Waals surface area (Å²) in [5, 5.41) is 0. The van der Waals surface area contributed by atoms with Crippen molar-refractivity contribution in [3.8, 4) is 11.6 Å². The SMILES string of the molecule is CC1(C)N=C(Oc2ccccn2)c2ccccc2O1. The van der Waals surface area contributed by atoms with Gasteiger partial charge in [-0.15, -0.1) is 0 Å². The summed E-state index contributed by atoms with van der Waals surface area (Å²) in [7, 11) is 0. The Balaban J connectivity index is 2.01. The van der Waals surface area contributed by atoms with Crippen LogP contribution in [0.5, 0.6) is 11.6 Å². The van der Waals surface area contributed by atoms with E-state index in [0.717, 1.165) is 11.3 Å². The van der Waals surface area contributed by atoms with E-state index in [1.165, 1.54) is 0 Å². The number of pyridine rings is 1. The maximum atomic E-state index is 5.80. The molecule has 4 heteroatoms. The quantitative estimate of drug-likeness (QED) is 0.785. The van der Waals surface area contributed by atoms with Crippen LogP contribution in [0.15, 0.2) is 53.7 Å². The predicted molar refractivity (Wildman–Crippen MR) is 72.6 cm³/mol. The summed E-state index contributed by atoms with van der Waals surface area (Å²) >= 11 is 0. The highest BCUT2D eigenvalue weighted by Gasteiger charge is 2.29. The standard InChI is InChI=1S/C15H14N2O2/c1-15(2)17-14(18-13-9-5-6-10-16-13)11-7-3-4-8-12(11)19-15/h3-10H,1-2H3. The van der Waals surface area contributed by atoms with Gasteiger partial charge < -0.3 is 9.47 Å². The smallest absolute Gasteiger partial charge is 0.231 e. The van der Waals surface area contributed by atoms with Crippen molar-refractivity contribution in [3.05, 3.63) is 54.2 Å². The number of nitrogens with zero attached hydrogens (tertiary/aromatic N) is 2. The Morgan fingerprint density at radius 2 is 1.84 bits per heavy atom. The van der Waals surface area contributed by atoms with E-state index in [0.29, 0.717) is 11.8 Å². The molecule has 0 saturated carbocycles. The Hall–Kier alpha value is -2.36. The van der Waals surface area contributed by atoms with Crippen molar-refractivity contribution >= 4 is 5.90 Å². The number of aliphatic imine (C=N–C) groups is 1. The van der Waals surface area contributed by atoms with Crippen molar-refractivity contribution in [2.45, 2.75) is 19.6 Å². The normalized spacial score (nSPS) is 16.0. The number of rotatable bonds is 1. The monoisotopic (exact) mass is 254 g/mol. The lowest BCUT2D eigenvalue weighted by atomic mass is 10.1. The number of fused-ring (bicyclic) bond motifs is 1. The molecule has 3 rings (SSSR count). The fraction of sp³-hybridized carbons (Fsp3) is 0.200. The molecule has 1 aromatic heterocycles. The Morgan fingerprint density at radius 3 is 2.63 bits per heavy atom. The van der Waals surface area contributed by atoms with Crippen LogP contribution in [0.25, 0.3) is 0 Å². The van der Waals surface area contributed by atoms with E-state index in [1.807, 2.05) is 50.2 Å². The summed E-state index contributed by atoms with van der Waals surface area (Å²) in [6.45, 7) is 3.79. The van der Waals surface area contributed by atoms with Gasteiger partial charge in [-0.25, -0.2) is 9.98 Å². The van der Waals surface area contributed by atoms with E-state index in [1.54, 1.807) is 12.3 Å². The van der Waals surface area contributed by atoms with Crippen molar-refractivity contribution in [1.82, 2.24) is 4.98 Å². The number of hydrogen-bond acceptors (Lipinski definition) is 4. The molecule has 0 aliphatic carbocycles. The zero-order chi connectivity index (χ0) is 13.3. The minimum Gasteiger partial charge on any atom is -0.466 e. The molecule has 96 valence electrons. The molecule has 0 saturated heterocycles. The molecule has 2 aromatic rings. The van der Waals surface area contributed by atoms with Crippen LogP contribution in [0.3, 0.4) is 0 Å². The van der Waals surface area contributed by atoms with Crippen molar-refractivity contribution in [2.75, 3.05) is 0 Å². The Labute approximate surface area is 111 Å². The summed E-state index contributed by atoms with van der Waals surface area (Å²) in [5.41, 5.74) is 0.200. The molecule has 0 unspecified atom stereocenters. The van der Waals surface area contributed by atoms with Gasteiger partial charge in [-0.05, 0) is 32.0 Å². The molecule has 1 aromatic carbocycles. The lowest BCUT2D eigenvalue weighted by Crippen LogP contribution is -2.33. The highest BCUT2D eigenvalue weighted by atomic mass is 16.5. The molecule has 0 N–H and O–H groups in total. The first-order valence-electron chi connectivity index (χ1n) is 6.11. The number of para-hydroxylation sites is 1. The van der Waals surface area contributed by atoms with Gasteiger partial charge in [-0.3, -0.25) is 0 Å². The van der Waals surface area contributed by atoms with Crippen LogP contribution in [-0.2, 0) is 0 Å². The summed E-state index contributed by atoms with van der Waals surface area (Å²) in [6, 6.07) is 13.2. The van der Waals surface area contributed by atoms with Gasteiger partial charge in [0.1, 0.15) is 5.75 Å². The van der Waals surface area contributed by atoms with Crippen molar-refractivity contribution in [2.24, 2.45) is 4.99 Å². The van der Waals surface area contributed by atoms with Gasteiger partial charge in [0.05, 0.1) is 5.56 Å². The molecule has 2 heterocycles. The molecule has 0 radical (unpaired) electrons. The molecule has 0 spiro atoms. The van der Waals surface area contributed by atoms with Crippen LogP contribution >= 0.6 is 0 Å². The lowest BCUT2D eigenvalue weighted by Gasteiger charge is -2.29. The summed E-state index contributed by atoms with van der Waals surface area (Å²) < 4.78 is 11.6. The molecule has 4 nitrogen and oxygen atoms in total. The number of benzene rings is 1.